The molecule has 0 saturated heterocycles. The summed E-state index contributed by atoms with van der Waals surface area (Å²) in [6.07, 6.45) is 18.0. The fourth-order valence-corrected chi connectivity index (χ4v) is 7.80. The van der Waals surface area contributed by atoms with Crippen LogP contribution in [0.4, 0.5) is 0 Å². The van der Waals surface area contributed by atoms with Crippen LogP contribution in [0.25, 0.3) is 0 Å². The highest BCUT2D eigenvalue weighted by Gasteiger charge is 2.56. The molecule has 0 aromatic heterocycles. The van der Waals surface area contributed by atoms with Crippen LogP contribution in [0.15, 0.2) is 36.0 Å². The maximum absolute atomic E-state index is 11.4. The molecule has 2 heteroatoms. The zero-order valence-electron chi connectivity index (χ0n) is 20.1. The van der Waals surface area contributed by atoms with Crippen molar-refractivity contribution in [3.8, 4) is 0 Å². The number of hydrogen-bond acceptors (Lipinski definition) is 2. The third-order valence-corrected chi connectivity index (χ3v) is 9.12. The average Bonchev–Trinajstić information content (AvgIpc) is 3.11. The molecule has 0 amide bonds. The van der Waals surface area contributed by atoms with E-state index in [9.17, 15) is 4.79 Å². The van der Waals surface area contributed by atoms with Crippen molar-refractivity contribution in [1.29, 1.82) is 0 Å². The van der Waals surface area contributed by atoms with Gasteiger partial charge in [-0.05, 0) is 98.7 Å². The molecule has 0 aromatic carbocycles. The predicted molar refractivity (Wildman–Crippen MR) is 126 cm³/mol. The second-order valence-electron chi connectivity index (χ2n) is 10.4. The third kappa shape index (κ3) is 4.34. The summed E-state index contributed by atoms with van der Waals surface area (Å²) < 4.78 is 4.74. The lowest BCUT2D eigenvalue weighted by Gasteiger charge is -2.54. The Morgan fingerprint density at radius 2 is 2.03 bits per heavy atom. The molecule has 4 rings (SSSR count). The molecule has 0 aromatic rings. The Hall–Kier alpha value is -1.31. The summed E-state index contributed by atoms with van der Waals surface area (Å²) in [6.45, 7) is 13.3. The van der Waals surface area contributed by atoms with Gasteiger partial charge in [0.05, 0.1) is 7.11 Å². The van der Waals surface area contributed by atoms with E-state index in [0.717, 1.165) is 36.0 Å². The first kappa shape index (κ1) is 23.4. The van der Waals surface area contributed by atoms with Crippen molar-refractivity contribution >= 4 is 5.97 Å². The summed E-state index contributed by atoms with van der Waals surface area (Å²) in [6, 6.07) is 0. The number of methoxy groups -OCH3 is 1. The standard InChI is InChI=1S/C26H38O2.C2H6/c1-17-8-10-20-19(16-17)9-11-22-21(20)14-15-26(3)23(12-13-24(22)26)18(2)6-5-7-25(27)28-4;1-2/h5,7,9,18,20-24H,1,6,8,10-16H2,2-4H3;1-2H3/b7-5-;/t18-,20+,21-,22-,23-,24+,26-;/m1./s1. The molecular weight excluding hydrogens is 368 g/mol. The minimum Gasteiger partial charge on any atom is -0.466 e. The lowest BCUT2D eigenvalue weighted by Crippen LogP contribution is -2.46. The van der Waals surface area contributed by atoms with Crippen LogP contribution in [0.2, 0.25) is 0 Å². The van der Waals surface area contributed by atoms with Crippen molar-refractivity contribution in [3.05, 3.63) is 36.0 Å². The van der Waals surface area contributed by atoms with Crippen LogP contribution in [0, 0.1) is 40.9 Å². The number of allylic oxidation sites excluding steroid dienone is 4. The van der Waals surface area contributed by atoms with Gasteiger partial charge in [0.25, 0.3) is 0 Å². The lowest BCUT2D eigenvalue weighted by atomic mass is 9.51. The maximum Gasteiger partial charge on any atom is 0.330 e. The minimum absolute atomic E-state index is 0.233. The molecule has 0 aliphatic heterocycles. The smallest absolute Gasteiger partial charge is 0.330 e. The molecule has 7 atom stereocenters. The Morgan fingerprint density at radius 1 is 1.27 bits per heavy atom. The van der Waals surface area contributed by atoms with Gasteiger partial charge in [0.2, 0.25) is 0 Å². The van der Waals surface area contributed by atoms with E-state index in [-0.39, 0.29) is 5.97 Å². The van der Waals surface area contributed by atoms with Crippen molar-refractivity contribution in [3.63, 3.8) is 0 Å². The van der Waals surface area contributed by atoms with Gasteiger partial charge >= 0.3 is 5.97 Å². The largest absolute Gasteiger partial charge is 0.466 e. The Labute approximate surface area is 185 Å². The summed E-state index contributed by atoms with van der Waals surface area (Å²) in [5.41, 5.74) is 3.68. The molecule has 3 saturated carbocycles. The molecule has 0 unspecified atom stereocenters. The fraction of sp³-hybridized carbons (Fsp3) is 0.750. The molecule has 0 bridgehead atoms. The topological polar surface area (TPSA) is 26.3 Å². The molecule has 0 N–H and O–H groups in total. The number of esters is 1. The fourth-order valence-electron chi connectivity index (χ4n) is 7.80. The van der Waals surface area contributed by atoms with Crippen molar-refractivity contribution < 1.29 is 9.53 Å². The minimum atomic E-state index is -0.233. The molecule has 0 heterocycles. The Balaban J connectivity index is 0.00000124. The second-order valence-corrected chi connectivity index (χ2v) is 10.4. The van der Waals surface area contributed by atoms with Gasteiger partial charge in [-0.1, -0.05) is 57.6 Å². The quantitative estimate of drug-likeness (QED) is 0.271. The van der Waals surface area contributed by atoms with Gasteiger partial charge < -0.3 is 4.74 Å². The summed E-state index contributed by atoms with van der Waals surface area (Å²) in [4.78, 5) is 11.4. The number of hydrogen-bond donors (Lipinski definition) is 0. The number of fused-ring (bicyclic) bond motifs is 5. The Bertz CT molecular complexity index is 687. The van der Waals surface area contributed by atoms with E-state index in [1.54, 1.807) is 11.6 Å². The van der Waals surface area contributed by atoms with Crippen LogP contribution in [0.1, 0.15) is 85.5 Å². The highest BCUT2D eigenvalue weighted by molar-refractivity contribution is 5.81. The van der Waals surface area contributed by atoms with Crippen molar-refractivity contribution in [2.45, 2.75) is 85.5 Å². The van der Waals surface area contributed by atoms with Gasteiger partial charge in [-0.2, -0.15) is 0 Å². The number of carbonyl (C=O) groups excluding carboxylic acids is 1. The highest BCUT2D eigenvalue weighted by Crippen LogP contribution is 2.64. The molecule has 2 nitrogen and oxygen atoms in total. The van der Waals surface area contributed by atoms with Crippen molar-refractivity contribution in [2.75, 3.05) is 7.11 Å². The first-order valence-electron chi connectivity index (χ1n) is 12.5. The van der Waals surface area contributed by atoms with Crippen molar-refractivity contribution in [1.82, 2.24) is 0 Å². The zero-order chi connectivity index (χ0) is 21.9. The van der Waals surface area contributed by atoms with E-state index in [4.69, 9.17) is 4.74 Å². The molecule has 0 spiro atoms. The Morgan fingerprint density at radius 3 is 2.77 bits per heavy atom. The van der Waals surface area contributed by atoms with Crippen LogP contribution in [0.5, 0.6) is 0 Å². The van der Waals surface area contributed by atoms with Gasteiger partial charge in [-0.25, -0.2) is 4.79 Å². The van der Waals surface area contributed by atoms with Gasteiger partial charge in [-0.3, -0.25) is 0 Å². The van der Waals surface area contributed by atoms with E-state index >= 15 is 0 Å². The second kappa shape index (κ2) is 9.88. The molecule has 4 aliphatic carbocycles. The van der Waals surface area contributed by atoms with Crippen LogP contribution in [-0.4, -0.2) is 13.1 Å². The number of ether oxygens (including phenoxy) is 1. The highest BCUT2D eigenvalue weighted by atomic mass is 16.5. The Kier molecular flexibility index (Phi) is 7.69. The van der Waals surface area contributed by atoms with Gasteiger partial charge in [0.1, 0.15) is 0 Å². The summed E-state index contributed by atoms with van der Waals surface area (Å²) in [5.74, 6) is 4.78. The van der Waals surface area contributed by atoms with Gasteiger partial charge in [0, 0.05) is 6.08 Å². The molecule has 0 radical (unpaired) electrons. The summed E-state index contributed by atoms with van der Waals surface area (Å²) in [7, 11) is 1.45. The maximum atomic E-state index is 11.4. The predicted octanol–water partition coefficient (Wildman–Crippen LogP) is 7.51. The molecular formula is C28H44O2. The molecule has 3 fully saturated rings. The van der Waals surface area contributed by atoms with Crippen LogP contribution >= 0.6 is 0 Å². The summed E-state index contributed by atoms with van der Waals surface area (Å²) in [5, 5.41) is 0. The zero-order valence-corrected chi connectivity index (χ0v) is 20.1. The average molecular weight is 413 g/mol. The van der Waals surface area contributed by atoms with Crippen LogP contribution in [-0.2, 0) is 9.53 Å². The van der Waals surface area contributed by atoms with E-state index in [2.05, 4.69) is 26.5 Å². The van der Waals surface area contributed by atoms with E-state index < -0.39 is 0 Å². The van der Waals surface area contributed by atoms with E-state index in [1.807, 2.05) is 19.9 Å². The monoisotopic (exact) mass is 412 g/mol. The summed E-state index contributed by atoms with van der Waals surface area (Å²) >= 11 is 0. The SMILES string of the molecule is C=C1CC[C@H]2C(=CC[C@@H]3[C@@H]2CC[C@]2(C)[C@@H]([C@H](C)C/C=C\C(=O)OC)CC[C@@H]32)C1.CC. The number of rotatable bonds is 4. The van der Waals surface area contributed by atoms with Crippen LogP contribution < -0.4 is 0 Å². The van der Waals surface area contributed by atoms with Gasteiger partial charge in [0.15, 0.2) is 0 Å². The first-order valence-corrected chi connectivity index (χ1v) is 12.5. The van der Waals surface area contributed by atoms with Gasteiger partial charge in [-0.15, -0.1) is 0 Å². The normalized spacial score (nSPS) is 38.5. The number of carbonyl (C=O) groups is 1. The lowest BCUT2D eigenvalue weighted by molar-refractivity contribution is -0.134. The molecule has 4 aliphatic rings. The van der Waals surface area contributed by atoms with E-state index in [0.29, 0.717) is 11.3 Å². The first-order chi connectivity index (χ1) is 14.4. The molecule has 168 valence electrons. The molecule has 30 heavy (non-hydrogen) atoms. The van der Waals surface area contributed by atoms with E-state index in [1.165, 1.54) is 64.0 Å². The third-order valence-electron chi connectivity index (χ3n) is 9.12. The van der Waals surface area contributed by atoms with Crippen molar-refractivity contribution in [2.24, 2.45) is 40.9 Å². The van der Waals surface area contributed by atoms with Crippen LogP contribution in [0.3, 0.4) is 0 Å².